The third kappa shape index (κ3) is 3.10. The Morgan fingerprint density at radius 1 is 0.438 bits per heavy atom. The van der Waals surface area contributed by atoms with E-state index in [1.807, 2.05) is 24.3 Å². The van der Waals surface area contributed by atoms with Gasteiger partial charge in [-0.15, -0.1) is 20.4 Å². The fourth-order valence-corrected chi connectivity index (χ4v) is 3.97. The van der Waals surface area contributed by atoms with Crippen molar-refractivity contribution in [2.24, 2.45) is 0 Å². The molecule has 0 saturated carbocycles. The van der Waals surface area contributed by atoms with Crippen molar-refractivity contribution in [3.05, 3.63) is 84.9 Å². The topological polar surface area (TPSA) is 109 Å². The molecule has 152 valence electrons. The normalized spacial score (nSPS) is 11.1. The van der Waals surface area contributed by atoms with Crippen molar-refractivity contribution in [1.29, 1.82) is 0 Å². The largest absolute Gasteiger partial charge is 0.204 e. The summed E-state index contributed by atoms with van der Waals surface area (Å²) in [6, 6.07) is 29.2. The molecule has 4 aromatic carbocycles. The van der Waals surface area contributed by atoms with Crippen LogP contribution in [-0.4, -0.2) is 41.2 Å². The van der Waals surface area contributed by atoms with Gasteiger partial charge in [0.15, 0.2) is 0 Å². The van der Waals surface area contributed by atoms with Crippen molar-refractivity contribution < 1.29 is 0 Å². The third-order valence-corrected chi connectivity index (χ3v) is 5.52. The quantitative estimate of drug-likeness (QED) is 0.437. The van der Waals surface area contributed by atoms with E-state index < -0.39 is 0 Å². The molecule has 0 aliphatic carbocycles. The van der Waals surface area contributed by atoms with Crippen molar-refractivity contribution in [1.82, 2.24) is 41.2 Å². The average molecular weight is 416 g/mol. The van der Waals surface area contributed by atoms with Crippen molar-refractivity contribution in [2.45, 2.75) is 0 Å². The van der Waals surface area contributed by atoms with Gasteiger partial charge < -0.3 is 0 Å². The van der Waals surface area contributed by atoms with Gasteiger partial charge in [0, 0.05) is 11.1 Å². The van der Waals surface area contributed by atoms with E-state index in [9.17, 15) is 0 Å². The van der Waals surface area contributed by atoms with Gasteiger partial charge in [0.25, 0.3) is 0 Å². The van der Waals surface area contributed by atoms with Gasteiger partial charge in [-0.25, -0.2) is 0 Å². The summed E-state index contributed by atoms with van der Waals surface area (Å²) in [5, 5.41) is 30.8. The molecule has 0 aliphatic rings. The molecule has 0 radical (unpaired) electrons. The van der Waals surface area contributed by atoms with Crippen LogP contribution in [0.25, 0.3) is 55.8 Å². The number of nitrogens with one attached hydrogen (secondary N) is 2. The number of H-pyrrole nitrogens is 2. The first-order chi connectivity index (χ1) is 15.9. The SMILES string of the molecule is c1ccc2c(-c3ccc(-c4nn[nH]n4)cc3)ccc(-c3ccc(-c4nn[nH]n4)cc3)c2c1. The highest BCUT2D eigenvalue weighted by molar-refractivity contribution is 6.05. The minimum absolute atomic E-state index is 0.584. The summed E-state index contributed by atoms with van der Waals surface area (Å²) in [4.78, 5) is 0. The van der Waals surface area contributed by atoms with E-state index in [1.54, 1.807) is 0 Å². The van der Waals surface area contributed by atoms with E-state index in [0.717, 1.165) is 22.3 Å². The van der Waals surface area contributed by atoms with E-state index in [-0.39, 0.29) is 0 Å². The molecule has 0 fully saturated rings. The molecule has 0 atom stereocenters. The summed E-state index contributed by atoms with van der Waals surface area (Å²) in [6.07, 6.45) is 0. The summed E-state index contributed by atoms with van der Waals surface area (Å²) >= 11 is 0. The summed E-state index contributed by atoms with van der Waals surface area (Å²) in [5.41, 5.74) is 6.45. The van der Waals surface area contributed by atoms with Crippen LogP contribution in [0.2, 0.25) is 0 Å². The fraction of sp³-hybridized carbons (Fsp3) is 0. The van der Waals surface area contributed by atoms with Crippen LogP contribution >= 0.6 is 0 Å². The lowest BCUT2D eigenvalue weighted by atomic mass is 9.91. The second kappa shape index (κ2) is 7.51. The maximum absolute atomic E-state index is 4.05. The number of aromatic amines is 2. The molecule has 32 heavy (non-hydrogen) atoms. The first-order valence-electron chi connectivity index (χ1n) is 10.1. The lowest BCUT2D eigenvalue weighted by Crippen LogP contribution is -1.88. The van der Waals surface area contributed by atoms with Gasteiger partial charge >= 0.3 is 0 Å². The molecule has 0 aliphatic heterocycles. The van der Waals surface area contributed by atoms with Crippen LogP contribution in [0.3, 0.4) is 0 Å². The highest BCUT2D eigenvalue weighted by atomic mass is 15.5. The Bertz CT molecular complexity index is 1370. The summed E-state index contributed by atoms with van der Waals surface area (Å²) in [6.45, 7) is 0. The van der Waals surface area contributed by atoms with Crippen LogP contribution in [0.5, 0.6) is 0 Å². The molecule has 8 nitrogen and oxygen atoms in total. The van der Waals surface area contributed by atoms with E-state index in [0.29, 0.717) is 11.6 Å². The minimum atomic E-state index is 0.584. The van der Waals surface area contributed by atoms with Crippen molar-refractivity contribution >= 4 is 10.8 Å². The van der Waals surface area contributed by atoms with E-state index in [4.69, 9.17) is 0 Å². The minimum Gasteiger partial charge on any atom is -0.177 e. The maximum atomic E-state index is 4.05. The Kier molecular flexibility index (Phi) is 4.25. The number of rotatable bonds is 4. The lowest BCUT2D eigenvalue weighted by Gasteiger charge is -2.12. The van der Waals surface area contributed by atoms with E-state index in [2.05, 4.69) is 102 Å². The van der Waals surface area contributed by atoms with Gasteiger partial charge in [-0.1, -0.05) is 84.9 Å². The summed E-state index contributed by atoms with van der Waals surface area (Å²) < 4.78 is 0. The number of aromatic nitrogens is 8. The van der Waals surface area contributed by atoms with E-state index in [1.165, 1.54) is 21.9 Å². The standard InChI is InChI=1S/C24H16N8/c1-2-4-22-20(16-7-11-18(12-8-16)24-27-31-32-28-24)14-13-19(21(22)3-1)15-5-9-17(10-6-15)23-25-29-30-26-23/h1-14H,(H,25,26,29,30)(H,27,28,31,32). The molecular weight excluding hydrogens is 400 g/mol. The van der Waals surface area contributed by atoms with Gasteiger partial charge in [0.05, 0.1) is 0 Å². The highest BCUT2D eigenvalue weighted by Crippen LogP contribution is 2.36. The predicted octanol–water partition coefficient (Wildman–Crippen LogP) is 4.53. The molecule has 0 unspecified atom stereocenters. The van der Waals surface area contributed by atoms with Gasteiger partial charge in [-0.3, -0.25) is 0 Å². The molecule has 0 bridgehead atoms. The van der Waals surface area contributed by atoms with Gasteiger partial charge in [0.2, 0.25) is 11.6 Å². The molecule has 2 heterocycles. The maximum Gasteiger partial charge on any atom is 0.204 e. The Balaban J connectivity index is 1.41. The molecule has 0 spiro atoms. The number of hydrogen-bond donors (Lipinski definition) is 2. The van der Waals surface area contributed by atoms with Crippen LogP contribution in [0.15, 0.2) is 84.9 Å². The van der Waals surface area contributed by atoms with E-state index >= 15 is 0 Å². The molecule has 0 saturated heterocycles. The van der Waals surface area contributed by atoms with Crippen LogP contribution < -0.4 is 0 Å². The Morgan fingerprint density at radius 2 is 0.844 bits per heavy atom. The predicted molar refractivity (Wildman–Crippen MR) is 121 cm³/mol. The molecule has 6 aromatic rings. The zero-order chi connectivity index (χ0) is 21.3. The van der Waals surface area contributed by atoms with Crippen LogP contribution in [0, 0.1) is 0 Å². The van der Waals surface area contributed by atoms with Gasteiger partial charge in [0.1, 0.15) is 0 Å². The fourth-order valence-electron chi connectivity index (χ4n) is 3.97. The molecule has 0 amide bonds. The van der Waals surface area contributed by atoms with Gasteiger partial charge in [-0.05, 0) is 43.5 Å². The highest BCUT2D eigenvalue weighted by Gasteiger charge is 2.11. The number of hydrogen-bond acceptors (Lipinski definition) is 6. The number of nitrogens with zero attached hydrogens (tertiary/aromatic N) is 6. The third-order valence-electron chi connectivity index (χ3n) is 5.52. The summed E-state index contributed by atoms with van der Waals surface area (Å²) in [5.74, 6) is 1.17. The molecule has 6 rings (SSSR count). The monoisotopic (exact) mass is 416 g/mol. The van der Waals surface area contributed by atoms with Crippen molar-refractivity contribution in [3.63, 3.8) is 0 Å². The second-order valence-electron chi connectivity index (χ2n) is 7.33. The average Bonchev–Trinajstić information content (AvgIpc) is 3.59. The van der Waals surface area contributed by atoms with Crippen LogP contribution in [0.1, 0.15) is 0 Å². The Morgan fingerprint density at radius 3 is 1.22 bits per heavy atom. The zero-order valence-electron chi connectivity index (χ0n) is 16.8. The lowest BCUT2D eigenvalue weighted by molar-refractivity contribution is 0.881. The first kappa shape index (κ1) is 18.1. The molecular formula is C24H16N8. The zero-order valence-corrected chi connectivity index (χ0v) is 16.8. The number of benzene rings is 4. The van der Waals surface area contributed by atoms with Crippen LogP contribution in [-0.2, 0) is 0 Å². The number of tetrazole rings is 2. The second-order valence-corrected chi connectivity index (χ2v) is 7.33. The summed E-state index contributed by atoms with van der Waals surface area (Å²) in [7, 11) is 0. The van der Waals surface area contributed by atoms with Crippen molar-refractivity contribution in [2.75, 3.05) is 0 Å². The Hall–Kier alpha value is -4.72. The Labute approximate surface area is 182 Å². The number of fused-ring (bicyclic) bond motifs is 1. The smallest absolute Gasteiger partial charge is 0.177 e. The van der Waals surface area contributed by atoms with Gasteiger partial charge in [-0.2, -0.15) is 10.4 Å². The first-order valence-corrected chi connectivity index (χ1v) is 10.1. The molecule has 2 aromatic heterocycles. The van der Waals surface area contributed by atoms with Crippen molar-refractivity contribution in [3.8, 4) is 45.0 Å². The van der Waals surface area contributed by atoms with Crippen LogP contribution in [0.4, 0.5) is 0 Å². The molecule has 2 N–H and O–H groups in total. The molecule has 8 heteroatoms.